The van der Waals surface area contributed by atoms with Gasteiger partial charge in [0.1, 0.15) is 12.4 Å². The van der Waals surface area contributed by atoms with Crippen molar-refractivity contribution in [2.24, 2.45) is 5.92 Å². The molecule has 2 unspecified atom stereocenters. The van der Waals surface area contributed by atoms with Gasteiger partial charge in [0.05, 0.1) is 47.1 Å². The van der Waals surface area contributed by atoms with E-state index in [1.807, 2.05) is 0 Å². The number of hydrogen-bond acceptors (Lipinski definition) is 7. The summed E-state index contributed by atoms with van der Waals surface area (Å²) >= 11 is 0. The van der Waals surface area contributed by atoms with Crippen LogP contribution < -0.4 is 10.9 Å². The number of rotatable bonds is 3. The van der Waals surface area contributed by atoms with Crippen molar-refractivity contribution in [3.63, 3.8) is 0 Å². The van der Waals surface area contributed by atoms with Gasteiger partial charge in [-0.2, -0.15) is 0 Å². The fraction of sp³-hybridized carbons (Fsp3) is 0.429. The van der Waals surface area contributed by atoms with Gasteiger partial charge < -0.3 is 24.8 Å². The number of aromatic nitrogens is 2. The standard InChI is InChI=1S/C28H28FN3O6/c1-11(13(3)33)25(34)31-19-6-5-14-12(2)18(29)8-20-22(14)23(19)15-9-32-21(24(15)30-20)7-17-16(26(32)35)10-38-27(36)28(17,4)37/h7-8,11,13,19,33,37H,5-6,9-10H2,1-4H3,(H,31,34)/t11?,13?,19-,28-/m0/s1. The van der Waals surface area contributed by atoms with E-state index in [2.05, 4.69) is 5.32 Å². The molecule has 0 spiro atoms. The number of pyridine rings is 2. The summed E-state index contributed by atoms with van der Waals surface area (Å²) < 4.78 is 21.6. The smallest absolute Gasteiger partial charge is 0.342 e. The average Bonchev–Trinajstić information content (AvgIpc) is 3.24. The molecule has 38 heavy (non-hydrogen) atoms. The van der Waals surface area contributed by atoms with Crippen LogP contribution in [0.5, 0.6) is 0 Å². The lowest BCUT2D eigenvalue weighted by molar-refractivity contribution is -0.169. The number of hydrogen-bond donors (Lipinski definition) is 3. The number of aliphatic hydroxyl groups excluding tert-OH is 1. The molecular weight excluding hydrogens is 493 g/mol. The van der Waals surface area contributed by atoms with Crippen molar-refractivity contribution in [1.29, 1.82) is 0 Å². The monoisotopic (exact) mass is 521 g/mol. The van der Waals surface area contributed by atoms with Gasteiger partial charge in [0.15, 0.2) is 5.60 Å². The lowest BCUT2D eigenvalue weighted by Crippen LogP contribution is -2.42. The lowest BCUT2D eigenvalue weighted by Gasteiger charge is -2.30. The second-order valence-electron chi connectivity index (χ2n) is 10.8. The van der Waals surface area contributed by atoms with Crippen molar-refractivity contribution in [3.8, 4) is 11.4 Å². The van der Waals surface area contributed by atoms with Crippen molar-refractivity contribution in [2.45, 2.75) is 71.4 Å². The van der Waals surface area contributed by atoms with E-state index in [0.717, 1.165) is 22.1 Å². The van der Waals surface area contributed by atoms with E-state index >= 15 is 0 Å². The van der Waals surface area contributed by atoms with Gasteiger partial charge in [-0.25, -0.2) is 14.2 Å². The molecule has 0 saturated heterocycles. The normalized spacial score (nSPS) is 22.8. The van der Waals surface area contributed by atoms with Crippen molar-refractivity contribution < 1.29 is 28.9 Å². The van der Waals surface area contributed by atoms with Crippen molar-refractivity contribution in [2.75, 3.05) is 0 Å². The number of aryl methyl sites for hydroxylation is 1. The summed E-state index contributed by atoms with van der Waals surface area (Å²) in [4.78, 5) is 43.6. The summed E-state index contributed by atoms with van der Waals surface area (Å²) in [7, 11) is 0. The van der Waals surface area contributed by atoms with Crippen LogP contribution >= 0.6 is 0 Å². The van der Waals surface area contributed by atoms with E-state index < -0.39 is 35.2 Å². The summed E-state index contributed by atoms with van der Waals surface area (Å²) in [5.74, 6) is -2.17. The zero-order valence-electron chi connectivity index (χ0n) is 21.5. The van der Waals surface area contributed by atoms with Gasteiger partial charge >= 0.3 is 5.97 Å². The van der Waals surface area contributed by atoms with E-state index in [1.165, 1.54) is 17.6 Å². The third kappa shape index (κ3) is 3.29. The summed E-state index contributed by atoms with van der Waals surface area (Å²) in [6.45, 7) is 6.14. The first kappa shape index (κ1) is 24.7. The minimum Gasteiger partial charge on any atom is -0.458 e. The predicted octanol–water partition coefficient (Wildman–Crippen LogP) is 2.26. The number of fused-ring (bicyclic) bond motifs is 5. The second kappa shape index (κ2) is 8.18. The Morgan fingerprint density at radius 2 is 2.00 bits per heavy atom. The van der Waals surface area contributed by atoms with Crippen LogP contribution in [0.3, 0.4) is 0 Å². The van der Waals surface area contributed by atoms with Crippen LogP contribution in [0.4, 0.5) is 4.39 Å². The fourth-order valence-electron chi connectivity index (χ4n) is 5.97. The molecule has 0 bridgehead atoms. The van der Waals surface area contributed by atoms with E-state index in [1.54, 1.807) is 26.8 Å². The van der Waals surface area contributed by atoms with Gasteiger partial charge in [0.2, 0.25) is 5.91 Å². The molecule has 4 heterocycles. The molecule has 0 radical (unpaired) electrons. The molecule has 9 nitrogen and oxygen atoms in total. The number of benzene rings is 1. The van der Waals surface area contributed by atoms with Gasteiger partial charge in [-0.05, 0) is 56.4 Å². The maximum Gasteiger partial charge on any atom is 0.342 e. The Kier molecular flexibility index (Phi) is 5.32. The number of aliphatic hydroxyl groups is 2. The largest absolute Gasteiger partial charge is 0.458 e. The summed E-state index contributed by atoms with van der Waals surface area (Å²) in [6.07, 6.45) is 0.211. The first-order chi connectivity index (χ1) is 17.9. The molecule has 4 atom stereocenters. The highest BCUT2D eigenvalue weighted by Gasteiger charge is 2.43. The molecule has 1 aromatic carbocycles. The minimum atomic E-state index is -2.00. The third-order valence-electron chi connectivity index (χ3n) is 8.46. The van der Waals surface area contributed by atoms with Crippen LogP contribution in [0.1, 0.15) is 66.6 Å². The number of carbonyl (C=O) groups excluding carboxylic acids is 2. The molecule has 0 saturated carbocycles. The number of carbonyl (C=O) groups is 2. The Balaban J connectivity index is 1.61. The highest BCUT2D eigenvalue weighted by atomic mass is 19.1. The van der Waals surface area contributed by atoms with E-state index in [-0.39, 0.29) is 36.0 Å². The highest BCUT2D eigenvalue weighted by molar-refractivity contribution is 5.94. The molecule has 2 aromatic heterocycles. The number of nitrogens with one attached hydrogen (secondary N) is 1. The van der Waals surface area contributed by atoms with Crippen LogP contribution in [0.25, 0.3) is 22.3 Å². The molecule has 6 rings (SSSR count). The van der Waals surface area contributed by atoms with Crippen LogP contribution in [0, 0.1) is 18.7 Å². The van der Waals surface area contributed by atoms with Crippen LogP contribution in [-0.4, -0.2) is 37.7 Å². The SMILES string of the molecule is Cc1c(F)cc2nc3c(c4c2c1CC[C@@H]4NC(=O)C(C)C(C)O)Cn1c-3cc2c(c1=O)COC(=O)[C@@]2(C)O. The molecule has 1 amide bonds. The first-order valence-electron chi connectivity index (χ1n) is 12.7. The number of cyclic esters (lactones) is 1. The number of halogens is 1. The summed E-state index contributed by atoms with van der Waals surface area (Å²) in [5, 5.41) is 24.7. The molecule has 3 N–H and O–H groups in total. The molecule has 2 aliphatic heterocycles. The van der Waals surface area contributed by atoms with Gasteiger partial charge in [-0.3, -0.25) is 9.59 Å². The zero-order valence-corrected chi connectivity index (χ0v) is 21.5. The van der Waals surface area contributed by atoms with Crippen LogP contribution in [0.2, 0.25) is 0 Å². The zero-order chi connectivity index (χ0) is 27.3. The maximum atomic E-state index is 15.0. The highest BCUT2D eigenvalue weighted by Crippen LogP contribution is 2.45. The van der Waals surface area contributed by atoms with Gasteiger partial charge in [-0.15, -0.1) is 0 Å². The van der Waals surface area contributed by atoms with E-state index in [9.17, 15) is 29.0 Å². The molecule has 3 aromatic rings. The molecule has 10 heteroatoms. The summed E-state index contributed by atoms with van der Waals surface area (Å²) in [5.41, 5.74) is 2.08. The van der Waals surface area contributed by atoms with Crippen LogP contribution in [-0.2, 0) is 39.5 Å². The summed E-state index contributed by atoms with van der Waals surface area (Å²) in [6, 6.07) is 2.52. The lowest BCUT2D eigenvalue weighted by atomic mass is 9.81. The minimum absolute atomic E-state index is 0.166. The maximum absolute atomic E-state index is 15.0. The van der Waals surface area contributed by atoms with E-state index in [4.69, 9.17) is 9.72 Å². The topological polar surface area (TPSA) is 131 Å². The number of esters is 1. The molecule has 198 valence electrons. The molecule has 3 aliphatic rings. The average molecular weight is 522 g/mol. The number of ether oxygens (including phenoxy) is 1. The van der Waals surface area contributed by atoms with Crippen molar-refractivity contribution >= 4 is 22.8 Å². The van der Waals surface area contributed by atoms with Crippen LogP contribution in [0.15, 0.2) is 16.9 Å². The molecular formula is C28H28FN3O6. The molecule has 1 aliphatic carbocycles. The van der Waals surface area contributed by atoms with Gasteiger partial charge in [0, 0.05) is 22.6 Å². The quantitative estimate of drug-likeness (QED) is 0.353. The van der Waals surface area contributed by atoms with Crippen molar-refractivity contribution in [3.05, 3.63) is 61.7 Å². The third-order valence-corrected chi connectivity index (χ3v) is 8.46. The number of nitrogens with zero attached hydrogens (tertiary/aromatic N) is 2. The Morgan fingerprint density at radius 3 is 2.71 bits per heavy atom. The van der Waals surface area contributed by atoms with Gasteiger partial charge in [0.25, 0.3) is 5.56 Å². The second-order valence-corrected chi connectivity index (χ2v) is 10.8. The first-order valence-corrected chi connectivity index (χ1v) is 12.7. The fourth-order valence-corrected chi connectivity index (χ4v) is 5.97. The Hall–Kier alpha value is -3.63. The van der Waals surface area contributed by atoms with Crippen molar-refractivity contribution in [1.82, 2.24) is 14.9 Å². The Morgan fingerprint density at radius 1 is 1.26 bits per heavy atom. The van der Waals surface area contributed by atoms with E-state index in [0.29, 0.717) is 35.3 Å². The van der Waals surface area contributed by atoms with Gasteiger partial charge in [-0.1, -0.05) is 6.92 Å². The Bertz CT molecular complexity index is 1640. The number of amides is 1. The molecule has 0 fully saturated rings. The Labute approximate surface area is 217 Å². The predicted molar refractivity (Wildman–Crippen MR) is 135 cm³/mol.